The van der Waals surface area contributed by atoms with Gasteiger partial charge in [0.1, 0.15) is 6.17 Å². The summed E-state index contributed by atoms with van der Waals surface area (Å²) in [6.07, 6.45) is 0.731. The van der Waals surface area contributed by atoms with Gasteiger partial charge in [-0.1, -0.05) is 36.9 Å². The summed E-state index contributed by atoms with van der Waals surface area (Å²) in [4.78, 5) is 10.9. The van der Waals surface area contributed by atoms with E-state index in [2.05, 4.69) is 11.9 Å². The minimum atomic E-state index is -0.466. The zero-order valence-electron chi connectivity index (χ0n) is 7.23. The van der Waals surface area contributed by atoms with Gasteiger partial charge in [-0.2, -0.15) is 0 Å². The second-order valence-corrected chi connectivity index (χ2v) is 2.60. The minimum absolute atomic E-state index is 0.267. The fraction of sp³-hybridized carbons (Fsp3) is 0.100. The molecule has 0 aliphatic rings. The molecule has 0 heterocycles. The Bertz CT molecular complexity index is 295. The van der Waals surface area contributed by atoms with Crippen LogP contribution >= 0.6 is 0 Å². The van der Waals surface area contributed by atoms with E-state index in [9.17, 15) is 4.79 Å². The molecule has 68 valence electrons. The summed E-state index contributed by atoms with van der Waals surface area (Å²) in [6, 6.07) is 9.35. The van der Waals surface area contributed by atoms with Gasteiger partial charge in [-0.05, 0) is 11.6 Å². The third-order valence-corrected chi connectivity index (χ3v) is 1.64. The van der Waals surface area contributed by atoms with Gasteiger partial charge in [-0.3, -0.25) is 4.79 Å². The Labute approximate surface area is 77.3 Å². The lowest BCUT2D eigenvalue weighted by Crippen LogP contribution is -2.32. The van der Waals surface area contributed by atoms with Crippen molar-refractivity contribution in [2.24, 2.45) is 5.73 Å². The van der Waals surface area contributed by atoms with Crippen molar-refractivity contribution in [2.45, 2.75) is 6.17 Å². The van der Waals surface area contributed by atoms with E-state index < -0.39 is 6.17 Å². The fourth-order valence-corrected chi connectivity index (χ4v) is 0.956. The van der Waals surface area contributed by atoms with Gasteiger partial charge in [0.2, 0.25) is 5.91 Å². The van der Waals surface area contributed by atoms with E-state index in [-0.39, 0.29) is 5.91 Å². The SMILES string of the molecule is C=CC(=O)NC(N)c1ccccc1. The monoisotopic (exact) mass is 176 g/mol. The normalized spacial score (nSPS) is 11.8. The number of nitrogens with two attached hydrogens (primary N) is 1. The van der Waals surface area contributed by atoms with Gasteiger partial charge in [0.15, 0.2) is 0 Å². The Balaban J connectivity index is 2.63. The highest BCUT2D eigenvalue weighted by atomic mass is 16.1. The van der Waals surface area contributed by atoms with Gasteiger partial charge >= 0.3 is 0 Å². The standard InChI is InChI=1S/C10H12N2O/c1-2-9(13)12-10(11)8-6-4-3-5-7-8/h2-7,10H,1,11H2,(H,12,13). The molecular weight excluding hydrogens is 164 g/mol. The van der Waals surface area contributed by atoms with Crippen LogP contribution in [-0.2, 0) is 4.79 Å². The van der Waals surface area contributed by atoms with E-state index in [1.165, 1.54) is 6.08 Å². The zero-order chi connectivity index (χ0) is 9.68. The maximum absolute atomic E-state index is 10.9. The molecule has 1 atom stereocenters. The number of rotatable bonds is 3. The van der Waals surface area contributed by atoms with Crippen molar-refractivity contribution >= 4 is 5.91 Å². The van der Waals surface area contributed by atoms with Crippen molar-refractivity contribution < 1.29 is 4.79 Å². The molecule has 0 fully saturated rings. The van der Waals surface area contributed by atoms with Crippen LogP contribution in [-0.4, -0.2) is 5.91 Å². The lowest BCUT2D eigenvalue weighted by Gasteiger charge is -2.12. The Morgan fingerprint density at radius 1 is 1.46 bits per heavy atom. The van der Waals surface area contributed by atoms with Crippen molar-refractivity contribution in [3.05, 3.63) is 48.6 Å². The van der Waals surface area contributed by atoms with Crippen LogP contribution in [0.25, 0.3) is 0 Å². The predicted octanol–water partition coefficient (Wildman–Crippen LogP) is 0.946. The van der Waals surface area contributed by atoms with Crippen molar-refractivity contribution in [1.29, 1.82) is 0 Å². The third-order valence-electron chi connectivity index (χ3n) is 1.64. The molecule has 0 aliphatic carbocycles. The summed E-state index contributed by atoms with van der Waals surface area (Å²) in [5.41, 5.74) is 6.56. The maximum atomic E-state index is 10.9. The van der Waals surface area contributed by atoms with Gasteiger partial charge in [-0.15, -0.1) is 0 Å². The smallest absolute Gasteiger partial charge is 0.244 e. The van der Waals surface area contributed by atoms with Crippen molar-refractivity contribution in [2.75, 3.05) is 0 Å². The topological polar surface area (TPSA) is 55.1 Å². The first-order valence-corrected chi connectivity index (χ1v) is 3.97. The molecule has 0 aromatic heterocycles. The molecule has 1 amide bonds. The van der Waals surface area contributed by atoms with Crippen molar-refractivity contribution in [1.82, 2.24) is 5.32 Å². The lowest BCUT2D eigenvalue weighted by atomic mass is 10.2. The largest absolute Gasteiger partial charge is 0.333 e. The Hall–Kier alpha value is -1.61. The van der Waals surface area contributed by atoms with Crippen LogP contribution in [0.1, 0.15) is 11.7 Å². The molecule has 3 heteroatoms. The summed E-state index contributed by atoms with van der Waals surface area (Å²) in [7, 11) is 0. The van der Waals surface area contributed by atoms with Crippen LogP contribution < -0.4 is 11.1 Å². The molecule has 3 N–H and O–H groups in total. The number of hydrogen-bond donors (Lipinski definition) is 2. The number of nitrogens with one attached hydrogen (secondary N) is 1. The Morgan fingerprint density at radius 2 is 2.08 bits per heavy atom. The van der Waals surface area contributed by atoms with Gasteiger partial charge in [0.25, 0.3) is 0 Å². The lowest BCUT2D eigenvalue weighted by molar-refractivity contribution is -0.117. The van der Waals surface area contributed by atoms with Gasteiger partial charge < -0.3 is 11.1 Å². The molecule has 1 aromatic rings. The highest BCUT2D eigenvalue weighted by molar-refractivity contribution is 5.87. The molecule has 0 aliphatic heterocycles. The molecule has 0 bridgehead atoms. The average molecular weight is 176 g/mol. The van der Waals surface area contributed by atoms with Gasteiger partial charge in [0, 0.05) is 0 Å². The fourth-order valence-electron chi connectivity index (χ4n) is 0.956. The molecule has 0 saturated heterocycles. The molecular formula is C10H12N2O. The van der Waals surface area contributed by atoms with Crippen LogP contribution in [0.5, 0.6) is 0 Å². The number of carbonyl (C=O) groups is 1. The highest BCUT2D eigenvalue weighted by Crippen LogP contribution is 2.05. The summed E-state index contributed by atoms with van der Waals surface area (Å²) < 4.78 is 0. The van der Waals surface area contributed by atoms with Crippen LogP contribution in [0.2, 0.25) is 0 Å². The highest BCUT2D eigenvalue weighted by Gasteiger charge is 2.05. The summed E-state index contributed by atoms with van der Waals surface area (Å²) in [6.45, 7) is 3.34. The van der Waals surface area contributed by atoms with Crippen LogP contribution in [0.15, 0.2) is 43.0 Å². The molecule has 0 spiro atoms. The number of amides is 1. The predicted molar refractivity (Wildman–Crippen MR) is 51.7 cm³/mol. The van der Waals surface area contributed by atoms with E-state index in [0.717, 1.165) is 5.56 Å². The van der Waals surface area contributed by atoms with E-state index in [1.807, 2.05) is 30.3 Å². The van der Waals surface area contributed by atoms with Crippen molar-refractivity contribution in [3.63, 3.8) is 0 Å². The summed E-state index contributed by atoms with van der Waals surface area (Å²) in [5.74, 6) is -0.267. The first-order valence-electron chi connectivity index (χ1n) is 3.97. The third kappa shape index (κ3) is 2.72. The van der Waals surface area contributed by atoms with Gasteiger partial charge in [-0.25, -0.2) is 0 Å². The van der Waals surface area contributed by atoms with Gasteiger partial charge in [0.05, 0.1) is 0 Å². The quantitative estimate of drug-likeness (QED) is 0.532. The molecule has 1 unspecified atom stereocenters. The summed E-state index contributed by atoms with van der Waals surface area (Å²) in [5, 5.41) is 2.57. The van der Waals surface area contributed by atoms with E-state index >= 15 is 0 Å². The molecule has 3 nitrogen and oxygen atoms in total. The molecule has 1 aromatic carbocycles. The second kappa shape index (κ2) is 4.42. The maximum Gasteiger partial charge on any atom is 0.244 e. The zero-order valence-corrected chi connectivity index (χ0v) is 7.23. The first-order chi connectivity index (χ1) is 6.24. The minimum Gasteiger partial charge on any atom is -0.333 e. The Kier molecular flexibility index (Phi) is 3.23. The van der Waals surface area contributed by atoms with E-state index in [4.69, 9.17) is 5.73 Å². The molecule has 0 radical (unpaired) electrons. The van der Waals surface area contributed by atoms with E-state index in [1.54, 1.807) is 0 Å². The number of carbonyl (C=O) groups excluding carboxylic acids is 1. The Morgan fingerprint density at radius 3 is 2.62 bits per heavy atom. The van der Waals surface area contributed by atoms with Crippen molar-refractivity contribution in [3.8, 4) is 0 Å². The molecule has 1 rings (SSSR count). The number of benzene rings is 1. The second-order valence-electron chi connectivity index (χ2n) is 2.60. The van der Waals surface area contributed by atoms with Crippen LogP contribution in [0, 0.1) is 0 Å². The summed E-state index contributed by atoms with van der Waals surface area (Å²) >= 11 is 0. The number of hydrogen-bond acceptors (Lipinski definition) is 2. The average Bonchev–Trinajstić information content (AvgIpc) is 2.19. The molecule has 0 saturated carbocycles. The van der Waals surface area contributed by atoms with Crippen LogP contribution in [0.3, 0.4) is 0 Å². The van der Waals surface area contributed by atoms with Crippen LogP contribution in [0.4, 0.5) is 0 Å². The molecule has 13 heavy (non-hydrogen) atoms. The first kappa shape index (κ1) is 9.48. The van der Waals surface area contributed by atoms with E-state index in [0.29, 0.717) is 0 Å².